The van der Waals surface area contributed by atoms with Gasteiger partial charge in [0.25, 0.3) is 0 Å². The Bertz CT molecular complexity index is 1240. The number of sulfone groups is 1. The molecule has 3 N–H and O–H groups in total. The molecule has 8 nitrogen and oxygen atoms in total. The van der Waals surface area contributed by atoms with Crippen LogP contribution in [0.15, 0.2) is 66.1 Å². The van der Waals surface area contributed by atoms with Gasteiger partial charge in [0, 0.05) is 42.2 Å². The van der Waals surface area contributed by atoms with Gasteiger partial charge < -0.3 is 10.6 Å². The number of H-pyrrole nitrogens is 1. The molecule has 0 spiro atoms. The van der Waals surface area contributed by atoms with Crippen molar-refractivity contribution in [1.29, 1.82) is 0 Å². The number of benzene rings is 2. The molecule has 0 atom stereocenters. The van der Waals surface area contributed by atoms with E-state index in [0.717, 1.165) is 53.0 Å². The van der Waals surface area contributed by atoms with Crippen LogP contribution in [0, 0.1) is 0 Å². The van der Waals surface area contributed by atoms with E-state index < -0.39 is 9.84 Å². The summed E-state index contributed by atoms with van der Waals surface area (Å²) in [5, 5.41) is 14.5. The van der Waals surface area contributed by atoms with Gasteiger partial charge in [-0.2, -0.15) is 5.10 Å². The van der Waals surface area contributed by atoms with Crippen molar-refractivity contribution in [3.05, 3.63) is 61.2 Å². The van der Waals surface area contributed by atoms with E-state index in [4.69, 9.17) is 0 Å². The average Bonchev–Trinajstić information content (AvgIpc) is 3.28. The molecule has 0 aliphatic rings. The van der Waals surface area contributed by atoms with Crippen molar-refractivity contribution in [2.45, 2.75) is 11.3 Å². The molecule has 2 aromatic heterocycles. The zero-order chi connectivity index (χ0) is 21.0. The Morgan fingerprint density at radius 2 is 1.77 bits per heavy atom. The minimum Gasteiger partial charge on any atom is -0.385 e. The topological polar surface area (TPSA) is 113 Å². The first-order chi connectivity index (χ1) is 14.5. The SMILES string of the molecule is CS(=O)(=O)c1ccc(NCCCNc2ncnc3ccc(-c4cn[nH]c4)cc23)cc1. The Balaban J connectivity index is 1.35. The number of anilines is 2. The lowest BCUT2D eigenvalue weighted by molar-refractivity contribution is 0.602. The van der Waals surface area contributed by atoms with Crippen LogP contribution in [0.2, 0.25) is 0 Å². The van der Waals surface area contributed by atoms with Gasteiger partial charge in [-0.3, -0.25) is 5.10 Å². The number of aromatic nitrogens is 4. The van der Waals surface area contributed by atoms with Crippen LogP contribution >= 0.6 is 0 Å². The fourth-order valence-corrected chi connectivity index (χ4v) is 3.76. The predicted octanol–water partition coefficient (Wildman–Crippen LogP) is 3.34. The third-order valence-corrected chi connectivity index (χ3v) is 5.85. The molecule has 0 fully saturated rings. The first kappa shape index (κ1) is 19.8. The Morgan fingerprint density at radius 1 is 0.967 bits per heavy atom. The zero-order valence-electron chi connectivity index (χ0n) is 16.5. The molecule has 9 heteroatoms. The first-order valence-corrected chi connectivity index (χ1v) is 11.4. The molecule has 2 aromatic carbocycles. The van der Waals surface area contributed by atoms with E-state index in [9.17, 15) is 8.42 Å². The van der Waals surface area contributed by atoms with Crippen LogP contribution in [0.5, 0.6) is 0 Å². The van der Waals surface area contributed by atoms with Crippen molar-refractivity contribution in [1.82, 2.24) is 20.2 Å². The molecule has 0 amide bonds. The molecule has 4 aromatic rings. The van der Waals surface area contributed by atoms with E-state index in [-0.39, 0.29) is 0 Å². The second-order valence-electron chi connectivity index (χ2n) is 6.94. The van der Waals surface area contributed by atoms with E-state index >= 15 is 0 Å². The number of nitrogens with zero attached hydrogens (tertiary/aromatic N) is 3. The number of rotatable bonds is 8. The highest BCUT2D eigenvalue weighted by molar-refractivity contribution is 7.90. The average molecular weight is 423 g/mol. The summed E-state index contributed by atoms with van der Waals surface area (Å²) in [6.07, 6.45) is 7.26. The molecule has 0 aliphatic heterocycles. The lowest BCUT2D eigenvalue weighted by Gasteiger charge is -2.10. The monoisotopic (exact) mass is 422 g/mol. The molecule has 30 heavy (non-hydrogen) atoms. The summed E-state index contributed by atoms with van der Waals surface area (Å²) >= 11 is 0. The van der Waals surface area contributed by atoms with E-state index in [1.165, 1.54) is 6.26 Å². The van der Waals surface area contributed by atoms with Crippen LogP contribution in [0.3, 0.4) is 0 Å². The summed E-state index contributed by atoms with van der Waals surface area (Å²) in [6.45, 7) is 1.48. The molecular formula is C21H22N6O2S. The van der Waals surface area contributed by atoms with Crippen molar-refractivity contribution < 1.29 is 8.42 Å². The maximum absolute atomic E-state index is 11.5. The van der Waals surface area contributed by atoms with E-state index in [0.29, 0.717) is 4.90 Å². The summed E-state index contributed by atoms with van der Waals surface area (Å²) in [6, 6.07) is 12.8. The Hall–Kier alpha value is -3.46. The van der Waals surface area contributed by atoms with Gasteiger partial charge in [-0.25, -0.2) is 18.4 Å². The van der Waals surface area contributed by atoms with Crippen LogP contribution in [0.25, 0.3) is 22.0 Å². The van der Waals surface area contributed by atoms with Crippen molar-refractivity contribution >= 4 is 32.2 Å². The van der Waals surface area contributed by atoms with E-state index in [2.05, 4.69) is 36.9 Å². The van der Waals surface area contributed by atoms with Gasteiger partial charge in [-0.05, 0) is 48.4 Å². The highest BCUT2D eigenvalue weighted by Crippen LogP contribution is 2.26. The fraction of sp³-hybridized carbons (Fsp3) is 0.190. The molecule has 0 unspecified atom stereocenters. The lowest BCUT2D eigenvalue weighted by atomic mass is 10.1. The zero-order valence-corrected chi connectivity index (χ0v) is 17.3. The second kappa shape index (κ2) is 8.50. The van der Waals surface area contributed by atoms with E-state index in [1.54, 1.807) is 36.8 Å². The third-order valence-electron chi connectivity index (χ3n) is 4.72. The van der Waals surface area contributed by atoms with Crippen LogP contribution in [-0.4, -0.2) is 47.9 Å². The maximum atomic E-state index is 11.5. The molecule has 0 radical (unpaired) electrons. The third kappa shape index (κ3) is 4.57. The second-order valence-corrected chi connectivity index (χ2v) is 8.96. The van der Waals surface area contributed by atoms with Crippen molar-refractivity contribution in [2.75, 3.05) is 30.0 Å². The highest BCUT2D eigenvalue weighted by Gasteiger charge is 2.07. The Labute approximate surface area is 174 Å². The molecule has 0 aliphatic carbocycles. The van der Waals surface area contributed by atoms with Crippen LogP contribution < -0.4 is 10.6 Å². The van der Waals surface area contributed by atoms with Gasteiger partial charge in [0.2, 0.25) is 0 Å². The minimum atomic E-state index is -3.17. The van der Waals surface area contributed by atoms with Crippen LogP contribution in [-0.2, 0) is 9.84 Å². The number of hydrogen-bond donors (Lipinski definition) is 3. The molecular weight excluding hydrogens is 400 g/mol. The van der Waals surface area contributed by atoms with Crippen molar-refractivity contribution in [2.24, 2.45) is 0 Å². The summed E-state index contributed by atoms with van der Waals surface area (Å²) in [5.74, 6) is 0.794. The number of fused-ring (bicyclic) bond motifs is 1. The van der Waals surface area contributed by atoms with Crippen LogP contribution in [0.4, 0.5) is 11.5 Å². The van der Waals surface area contributed by atoms with Crippen molar-refractivity contribution in [3.8, 4) is 11.1 Å². The van der Waals surface area contributed by atoms with E-state index in [1.807, 2.05) is 18.3 Å². The minimum absolute atomic E-state index is 0.320. The molecule has 0 saturated heterocycles. The highest BCUT2D eigenvalue weighted by atomic mass is 32.2. The smallest absolute Gasteiger partial charge is 0.175 e. The number of aromatic amines is 1. The van der Waals surface area contributed by atoms with Gasteiger partial charge in [0.1, 0.15) is 12.1 Å². The molecule has 2 heterocycles. The molecule has 154 valence electrons. The number of nitrogens with one attached hydrogen (secondary N) is 3. The first-order valence-electron chi connectivity index (χ1n) is 9.52. The van der Waals surface area contributed by atoms with Crippen molar-refractivity contribution in [3.63, 3.8) is 0 Å². The van der Waals surface area contributed by atoms with Gasteiger partial charge in [-0.1, -0.05) is 6.07 Å². The van der Waals surface area contributed by atoms with Gasteiger partial charge in [0.05, 0.1) is 16.6 Å². The predicted molar refractivity (Wildman–Crippen MR) is 118 cm³/mol. The summed E-state index contributed by atoms with van der Waals surface area (Å²) in [5.41, 5.74) is 3.83. The summed E-state index contributed by atoms with van der Waals surface area (Å²) < 4.78 is 23.0. The maximum Gasteiger partial charge on any atom is 0.175 e. The Kier molecular flexibility index (Phi) is 5.62. The quantitative estimate of drug-likeness (QED) is 0.373. The molecule has 0 bridgehead atoms. The summed E-state index contributed by atoms with van der Waals surface area (Å²) in [7, 11) is -3.17. The lowest BCUT2D eigenvalue weighted by Crippen LogP contribution is -2.10. The number of hydrogen-bond acceptors (Lipinski definition) is 7. The molecule has 0 saturated carbocycles. The Morgan fingerprint density at radius 3 is 2.50 bits per heavy atom. The van der Waals surface area contributed by atoms with Crippen LogP contribution in [0.1, 0.15) is 6.42 Å². The van der Waals surface area contributed by atoms with Gasteiger partial charge in [-0.15, -0.1) is 0 Å². The largest absolute Gasteiger partial charge is 0.385 e. The molecule has 4 rings (SSSR count). The van der Waals surface area contributed by atoms with Gasteiger partial charge >= 0.3 is 0 Å². The normalized spacial score (nSPS) is 11.5. The summed E-state index contributed by atoms with van der Waals surface area (Å²) in [4.78, 5) is 9.06. The van der Waals surface area contributed by atoms with Gasteiger partial charge in [0.15, 0.2) is 9.84 Å². The fourth-order valence-electron chi connectivity index (χ4n) is 3.13. The standard InChI is InChI=1S/C21H22N6O2S/c1-30(28,29)18-6-4-17(5-7-18)22-9-2-10-23-21-19-11-15(16-12-26-27-13-16)3-8-20(19)24-14-25-21/h3-8,11-14,22H,2,9-10H2,1H3,(H,26,27)(H,23,24,25).